The summed E-state index contributed by atoms with van der Waals surface area (Å²) in [5.74, 6) is 0. The molecule has 0 aliphatic rings. The lowest BCUT2D eigenvalue weighted by atomic mass is 10.2. The van der Waals surface area contributed by atoms with E-state index in [0.717, 1.165) is 11.3 Å². The van der Waals surface area contributed by atoms with Crippen molar-refractivity contribution in [2.45, 2.75) is 25.3 Å². The van der Waals surface area contributed by atoms with Crippen LogP contribution in [-0.2, 0) is 16.6 Å². The number of aryl methyl sites for hydroxylation is 1. The fourth-order valence-corrected chi connectivity index (χ4v) is 3.86. The average molecular weight is 376 g/mol. The molecule has 0 fully saturated rings. The molecule has 0 saturated carbocycles. The largest absolute Gasteiger partial charge is 0.276 e. The van der Waals surface area contributed by atoms with Crippen LogP contribution in [0.15, 0.2) is 59.5 Å². The summed E-state index contributed by atoms with van der Waals surface area (Å²) in [5, 5.41) is 4.95. The van der Waals surface area contributed by atoms with Gasteiger partial charge in [-0.2, -0.15) is 5.10 Å². The van der Waals surface area contributed by atoms with Gasteiger partial charge in [0.15, 0.2) is 0 Å². The molecule has 25 heavy (non-hydrogen) atoms. The zero-order valence-corrected chi connectivity index (χ0v) is 15.5. The normalized spacial score (nSPS) is 11.5. The first kappa shape index (κ1) is 17.5. The summed E-state index contributed by atoms with van der Waals surface area (Å²) in [6.45, 7) is 4.22. The van der Waals surface area contributed by atoms with Crippen LogP contribution >= 0.6 is 11.6 Å². The van der Waals surface area contributed by atoms with Gasteiger partial charge < -0.3 is 0 Å². The van der Waals surface area contributed by atoms with Crippen molar-refractivity contribution in [2.24, 2.45) is 0 Å². The zero-order valence-electron chi connectivity index (χ0n) is 13.9. The van der Waals surface area contributed by atoms with Gasteiger partial charge in [0.05, 0.1) is 28.5 Å². The van der Waals surface area contributed by atoms with E-state index in [9.17, 15) is 8.42 Å². The van der Waals surface area contributed by atoms with Crippen LogP contribution in [0.4, 0.5) is 5.69 Å². The molecule has 0 atom stereocenters. The van der Waals surface area contributed by atoms with Gasteiger partial charge in [-0.3, -0.25) is 9.40 Å². The summed E-state index contributed by atoms with van der Waals surface area (Å²) in [6.07, 6.45) is 0. The number of nitrogens with one attached hydrogen (secondary N) is 1. The van der Waals surface area contributed by atoms with E-state index in [2.05, 4.69) is 9.82 Å². The minimum Gasteiger partial charge on any atom is -0.276 e. The summed E-state index contributed by atoms with van der Waals surface area (Å²) in [5.41, 5.74) is 3.00. The molecule has 0 saturated heterocycles. The number of aromatic nitrogens is 2. The molecule has 0 aliphatic carbocycles. The van der Waals surface area contributed by atoms with Crippen LogP contribution in [0.3, 0.4) is 0 Å². The number of nitrogens with zero attached hydrogens (tertiary/aromatic N) is 2. The average Bonchev–Trinajstić information content (AvgIpc) is 2.83. The number of anilines is 1. The molecule has 2 aromatic carbocycles. The maximum Gasteiger partial charge on any atom is 0.262 e. The van der Waals surface area contributed by atoms with E-state index >= 15 is 0 Å². The highest BCUT2D eigenvalue weighted by molar-refractivity contribution is 7.92. The van der Waals surface area contributed by atoms with Crippen LogP contribution < -0.4 is 4.72 Å². The lowest BCUT2D eigenvalue weighted by Gasteiger charge is -2.09. The smallest absolute Gasteiger partial charge is 0.262 e. The maximum absolute atomic E-state index is 12.6. The van der Waals surface area contributed by atoms with E-state index in [1.54, 1.807) is 23.7 Å². The van der Waals surface area contributed by atoms with Gasteiger partial charge in [-0.25, -0.2) is 8.42 Å². The fourth-order valence-electron chi connectivity index (χ4n) is 2.56. The highest BCUT2D eigenvalue weighted by Crippen LogP contribution is 2.24. The van der Waals surface area contributed by atoms with Gasteiger partial charge in [0.1, 0.15) is 0 Å². The Morgan fingerprint density at radius 2 is 1.68 bits per heavy atom. The van der Waals surface area contributed by atoms with E-state index in [0.29, 0.717) is 22.9 Å². The van der Waals surface area contributed by atoms with Crippen LogP contribution in [0, 0.1) is 13.8 Å². The van der Waals surface area contributed by atoms with Gasteiger partial charge in [0.2, 0.25) is 0 Å². The van der Waals surface area contributed by atoms with Crippen LogP contribution in [0.1, 0.15) is 17.0 Å². The first-order chi connectivity index (χ1) is 11.9. The Labute approximate surface area is 152 Å². The van der Waals surface area contributed by atoms with E-state index < -0.39 is 10.0 Å². The number of benzene rings is 2. The van der Waals surface area contributed by atoms with Crippen LogP contribution in [-0.4, -0.2) is 18.2 Å². The topological polar surface area (TPSA) is 64.0 Å². The predicted octanol–water partition coefficient (Wildman–Crippen LogP) is 4.00. The van der Waals surface area contributed by atoms with Crippen molar-refractivity contribution in [3.05, 3.63) is 76.6 Å². The van der Waals surface area contributed by atoms with Crippen LogP contribution in [0.2, 0.25) is 5.02 Å². The number of sulfonamides is 1. The van der Waals surface area contributed by atoms with Gasteiger partial charge in [-0.05, 0) is 43.7 Å². The maximum atomic E-state index is 12.6. The van der Waals surface area contributed by atoms with Gasteiger partial charge in [0.25, 0.3) is 10.0 Å². The SMILES string of the molecule is Cc1nn(Cc2ccccc2)c(C)c1NS(=O)(=O)c1ccc(Cl)cc1. The molecule has 0 bridgehead atoms. The molecular formula is C18H18ClN3O2S. The molecule has 1 heterocycles. The summed E-state index contributed by atoms with van der Waals surface area (Å²) in [7, 11) is -3.70. The van der Waals surface area contributed by atoms with Gasteiger partial charge in [-0.1, -0.05) is 41.9 Å². The van der Waals surface area contributed by atoms with Crippen molar-refractivity contribution in [2.75, 3.05) is 4.72 Å². The molecule has 1 aromatic heterocycles. The van der Waals surface area contributed by atoms with Crippen molar-refractivity contribution in [1.29, 1.82) is 0 Å². The van der Waals surface area contributed by atoms with Crippen molar-refractivity contribution in [3.63, 3.8) is 0 Å². The second-order valence-electron chi connectivity index (χ2n) is 5.75. The number of hydrogen-bond acceptors (Lipinski definition) is 3. The van der Waals surface area contributed by atoms with Gasteiger partial charge in [0, 0.05) is 5.02 Å². The lowest BCUT2D eigenvalue weighted by Crippen LogP contribution is -2.14. The Kier molecular flexibility index (Phi) is 4.83. The molecule has 5 nitrogen and oxygen atoms in total. The molecular weight excluding hydrogens is 358 g/mol. The van der Waals surface area contributed by atoms with E-state index in [1.807, 2.05) is 37.3 Å². The van der Waals surface area contributed by atoms with Gasteiger partial charge >= 0.3 is 0 Å². The predicted molar refractivity (Wildman–Crippen MR) is 99.5 cm³/mol. The third kappa shape index (κ3) is 3.86. The Morgan fingerprint density at radius 1 is 1.04 bits per heavy atom. The lowest BCUT2D eigenvalue weighted by molar-refractivity contribution is 0.601. The molecule has 1 N–H and O–H groups in total. The molecule has 0 aliphatic heterocycles. The van der Waals surface area contributed by atoms with Gasteiger partial charge in [-0.15, -0.1) is 0 Å². The molecule has 0 unspecified atom stereocenters. The van der Waals surface area contributed by atoms with E-state index in [4.69, 9.17) is 11.6 Å². The molecule has 7 heteroatoms. The van der Waals surface area contributed by atoms with Crippen molar-refractivity contribution < 1.29 is 8.42 Å². The Hall–Kier alpha value is -2.31. The highest BCUT2D eigenvalue weighted by Gasteiger charge is 2.20. The summed E-state index contributed by atoms with van der Waals surface area (Å²) in [6, 6.07) is 15.9. The van der Waals surface area contributed by atoms with E-state index in [-0.39, 0.29) is 4.90 Å². The Morgan fingerprint density at radius 3 is 2.32 bits per heavy atom. The molecule has 0 spiro atoms. The second-order valence-corrected chi connectivity index (χ2v) is 7.87. The summed E-state index contributed by atoms with van der Waals surface area (Å²) >= 11 is 5.82. The standard InChI is InChI=1S/C18H18ClN3O2S/c1-13-18(21-25(23,24)17-10-8-16(19)9-11-17)14(2)22(20-13)12-15-6-4-3-5-7-15/h3-11,21H,12H2,1-2H3. The first-order valence-electron chi connectivity index (χ1n) is 7.73. The quantitative estimate of drug-likeness (QED) is 0.733. The van der Waals surface area contributed by atoms with Crippen molar-refractivity contribution >= 4 is 27.3 Å². The molecule has 3 aromatic rings. The Bertz CT molecular complexity index is 981. The molecule has 130 valence electrons. The first-order valence-corrected chi connectivity index (χ1v) is 9.59. The highest BCUT2D eigenvalue weighted by atomic mass is 35.5. The van der Waals surface area contributed by atoms with Crippen molar-refractivity contribution in [3.8, 4) is 0 Å². The number of hydrogen-bond donors (Lipinski definition) is 1. The summed E-state index contributed by atoms with van der Waals surface area (Å²) in [4.78, 5) is 0.159. The third-order valence-corrected chi connectivity index (χ3v) is 5.53. The zero-order chi connectivity index (χ0) is 18.0. The van der Waals surface area contributed by atoms with Crippen molar-refractivity contribution in [1.82, 2.24) is 9.78 Å². The number of rotatable bonds is 5. The fraction of sp³-hybridized carbons (Fsp3) is 0.167. The molecule has 0 amide bonds. The number of halogens is 1. The Balaban J connectivity index is 1.89. The molecule has 0 radical (unpaired) electrons. The minimum absolute atomic E-state index is 0.159. The summed E-state index contributed by atoms with van der Waals surface area (Å²) < 4.78 is 29.6. The van der Waals surface area contributed by atoms with Crippen LogP contribution in [0.25, 0.3) is 0 Å². The monoisotopic (exact) mass is 375 g/mol. The minimum atomic E-state index is -3.70. The second kappa shape index (κ2) is 6.90. The third-order valence-electron chi connectivity index (χ3n) is 3.92. The molecule has 3 rings (SSSR count). The van der Waals surface area contributed by atoms with E-state index in [1.165, 1.54) is 12.1 Å². The van der Waals surface area contributed by atoms with Crippen LogP contribution in [0.5, 0.6) is 0 Å².